The Labute approximate surface area is 314 Å². The van der Waals surface area contributed by atoms with E-state index in [1.807, 2.05) is 6.07 Å². The van der Waals surface area contributed by atoms with Gasteiger partial charge in [0.1, 0.15) is 5.58 Å². The van der Waals surface area contributed by atoms with Crippen LogP contribution in [0.25, 0.3) is 77.2 Å². The van der Waals surface area contributed by atoms with Crippen LogP contribution in [0.15, 0.2) is 217 Å². The predicted octanol–water partition coefficient (Wildman–Crippen LogP) is 14.9. The fourth-order valence-corrected chi connectivity index (χ4v) is 7.97. The molecule has 0 aliphatic heterocycles. The Bertz CT molecular complexity index is 2930. The lowest BCUT2D eigenvalue weighted by Crippen LogP contribution is -2.11. The molecule has 1 heterocycles. The maximum atomic E-state index is 6.71. The first-order valence-corrected chi connectivity index (χ1v) is 18.4. The Balaban J connectivity index is 1.23. The fourth-order valence-electron chi connectivity index (χ4n) is 7.97. The Hall–Kier alpha value is -7.16. The average Bonchev–Trinajstić information content (AvgIpc) is 3.64. The normalized spacial score (nSPS) is 11.3. The van der Waals surface area contributed by atoms with Crippen LogP contribution in [0, 0.1) is 0 Å². The summed E-state index contributed by atoms with van der Waals surface area (Å²) in [5.41, 5.74) is 14.2. The van der Waals surface area contributed by atoms with Crippen molar-refractivity contribution in [1.29, 1.82) is 0 Å². The maximum Gasteiger partial charge on any atom is 0.159 e. The third kappa shape index (κ3) is 5.53. The molecule has 0 bridgehead atoms. The van der Waals surface area contributed by atoms with Crippen molar-refractivity contribution in [3.63, 3.8) is 0 Å². The summed E-state index contributed by atoms with van der Waals surface area (Å²) in [5, 5.41) is 4.66. The lowest BCUT2D eigenvalue weighted by Gasteiger charge is -2.27. The molecular weight excluding hydrogens is 655 g/mol. The van der Waals surface area contributed by atoms with Gasteiger partial charge in [0.2, 0.25) is 0 Å². The molecule has 9 aromatic carbocycles. The zero-order valence-electron chi connectivity index (χ0n) is 29.6. The Morgan fingerprint density at radius 2 is 0.907 bits per heavy atom. The van der Waals surface area contributed by atoms with Gasteiger partial charge in [-0.1, -0.05) is 176 Å². The Morgan fingerprint density at radius 3 is 1.69 bits per heavy atom. The summed E-state index contributed by atoms with van der Waals surface area (Å²) in [4.78, 5) is 2.36. The molecule has 10 rings (SSSR count). The molecule has 1 aromatic heterocycles. The fraction of sp³-hybridized carbons (Fsp3) is 0. The number of nitrogens with zero attached hydrogens (tertiary/aromatic N) is 1. The highest BCUT2D eigenvalue weighted by Gasteiger charge is 2.22. The predicted molar refractivity (Wildman–Crippen MR) is 228 cm³/mol. The summed E-state index contributed by atoms with van der Waals surface area (Å²) in [7, 11) is 0. The molecule has 0 unspecified atom stereocenters. The molecular formula is C52H35NO. The Kier molecular flexibility index (Phi) is 7.85. The molecule has 0 saturated carbocycles. The average molecular weight is 690 g/mol. The van der Waals surface area contributed by atoms with Crippen LogP contribution >= 0.6 is 0 Å². The van der Waals surface area contributed by atoms with Crippen molar-refractivity contribution in [2.45, 2.75) is 0 Å². The highest BCUT2D eigenvalue weighted by Crippen LogP contribution is 2.46. The van der Waals surface area contributed by atoms with Crippen molar-refractivity contribution in [2.24, 2.45) is 0 Å². The van der Waals surface area contributed by atoms with Crippen LogP contribution in [0.5, 0.6) is 0 Å². The molecule has 2 heteroatoms. The van der Waals surface area contributed by atoms with Gasteiger partial charge in [-0.2, -0.15) is 0 Å². The second-order valence-electron chi connectivity index (χ2n) is 13.7. The minimum Gasteiger partial charge on any atom is -0.454 e. The zero-order chi connectivity index (χ0) is 35.8. The molecule has 10 aromatic rings. The second-order valence-corrected chi connectivity index (χ2v) is 13.7. The smallest absolute Gasteiger partial charge is 0.159 e. The first-order chi connectivity index (χ1) is 26.8. The van der Waals surface area contributed by atoms with Crippen LogP contribution in [-0.2, 0) is 0 Å². The van der Waals surface area contributed by atoms with Crippen LogP contribution in [0.4, 0.5) is 17.1 Å². The highest BCUT2D eigenvalue weighted by atomic mass is 16.3. The minimum atomic E-state index is 0.855. The lowest BCUT2D eigenvalue weighted by molar-refractivity contribution is 0.669. The van der Waals surface area contributed by atoms with Gasteiger partial charge in [-0.3, -0.25) is 0 Å². The van der Waals surface area contributed by atoms with E-state index in [0.29, 0.717) is 0 Å². The number of benzene rings is 9. The number of fused-ring (bicyclic) bond motifs is 4. The summed E-state index contributed by atoms with van der Waals surface area (Å²) in [5.74, 6) is 0. The van der Waals surface area contributed by atoms with Gasteiger partial charge >= 0.3 is 0 Å². The van der Waals surface area contributed by atoms with Gasteiger partial charge in [0.25, 0.3) is 0 Å². The van der Waals surface area contributed by atoms with E-state index < -0.39 is 0 Å². The van der Waals surface area contributed by atoms with Crippen molar-refractivity contribution < 1.29 is 4.42 Å². The van der Waals surface area contributed by atoms with Crippen molar-refractivity contribution in [2.75, 3.05) is 4.90 Å². The zero-order valence-corrected chi connectivity index (χ0v) is 29.6. The van der Waals surface area contributed by atoms with Crippen molar-refractivity contribution >= 4 is 49.8 Å². The Morgan fingerprint density at radius 1 is 0.333 bits per heavy atom. The summed E-state index contributed by atoms with van der Waals surface area (Å²) in [6.07, 6.45) is 0. The van der Waals surface area contributed by atoms with Gasteiger partial charge < -0.3 is 9.32 Å². The molecule has 0 spiro atoms. The van der Waals surface area contributed by atoms with E-state index in [2.05, 4.69) is 211 Å². The van der Waals surface area contributed by atoms with Crippen molar-refractivity contribution in [3.05, 3.63) is 212 Å². The highest BCUT2D eigenvalue weighted by molar-refractivity contribution is 6.11. The lowest BCUT2D eigenvalue weighted by atomic mass is 9.89. The number of para-hydroxylation sites is 2. The summed E-state index contributed by atoms with van der Waals surface area (Å²) in [6.45, 7) is 0. The number of furan rings is 1. The van der Waals surface area contributed by atoms with Gasteiger partial charge in [-0.15, -0.1) is 0 Å². The molecule has 54 heavy (non-hydrogen) atoms. The van der Waals surface area contributed by atoms with Crippen molar-refractivity contribution in [3.8, 4) is 44.5 Å². The minimum absolute atomic E-state index is 0.855. The van der Waals surface area contributed by atoms with E-state index in [-0.39, 0.29) is 0 Å². The van der Waals surface area contributed by atoms with Crippen LogP contribution in [0.3, 0.4) is 0 Å². The quantitative estimate of drug-likeness (QED) is 0.166. The van der Waals surface area contributed by atoms with Crippen molar-refractivity contribution in [1.82, 2.24) is 0 Å². The molecule has 0 saturated heterocycles. The maximum absolute atomic E-state index is 6.71. The van der Waals surface area contributed by atoms with Crippen LogP contribution < -0.4 is 4.90 Å². The molecule has 0 aliphatic rings. The molecule has 0 N–H and O–H groups in total. The summed E-state index contributed by atoms with van der Waals surface area (Å²) < 4.78 is 6.71. The molecule has 0 amide bonds. The number of rotatable bonds is 7. The molecule has 0 fully saturated rings. The SMILES string of the molecule is c1ccc(-c2ccc(N(c3cccc(-c4ccc5ccccc5c4-c4ccccc4)c3)c3cccc4c3oc3ccccc34)cc2-c2ccccc2)cc1. The van der Waals surface area contributed by atoms with Gasteiger partial charge in [0.15, 0.2) is 5.58 Å². The monoisotopic (exact) mass is 689 g/mol. The summed E-state index contributed by atoms with van der Waals surface area (Å²) in [6, 6.07) is 75.9. The van der Waals surface area contributed by atoms with E-state index in [1.54, 1.807) is 0 Å². The van der Waals surface area contributed by atoms with E-state index in [9.17, 15) is 0 Å². The van der Waals surface area contributed by atoms with Gasteiger partial charge in [0.05, 0.1) is 5.69 Å². The summed E-state index contributed by atoms with van der Waals surface area (Å²) >= 11 is 0. The van der Waals surface area contributed by atoms with Gasteiger partial charge in [-0.05, 0) is 91.7 Å². The molecule has 0 radical (unpaired) electrons. The topological polar surface area (TPSA) is 16.4 Å². The molecule has 254 valence electrons. The van der Waals surface area contributed by atoms with Crippen LogP contribution in [0.2, 0.25) is 0 Å². The molecule has 0 aliphatic carbocycles. The van der Waals surface area contributed by atoms with Crippen LogP contribution in [0.1, 0.15) is 0 Å². The first-order valence-electron chi connectivity index (χ1n) is 18.4. The van der Waals surface area contributed by atoms with E-state index in [1.165, 1.54) is 38.6 Å². The van der Waals surface area contributed by atoms with E-state index in [4.69, 9.17) is 4.42 Å². The number of hydrogen-bond acceptors (Lipinski definition) is 2. The standard InChI is InChI=1S/C52H35NO/c1-4-16-36(17-5-1)43-33-31-42(35-48(43)37-18-6-2-7-19-37)53(49-28-15-27-47-46-26-12-13-29-50(46)54-52(47)49)41-24-14-23-40(34-41)45-32-30-38-20-10-11-25-44(38)51(45)39-21-8-3-9-22-39/h1-35H. The third-order valence-corrected chi connectivity index (χ3v) is 10.5. The largest absolute Gasteiger partial charge is 0.454 e. The first kappa shape index (κ1) is 31.6. The molecule has 2 nitrogen and oxygen atoms in total. The second kappa shape index (κ2) is 13.4. The third-order valence-electron chi connectivity index (χ3n) is 10.5. The van der Waals surface area contributed by atoms with E-state index >= 15 is 0 Å². The number of hydrogen-bond donors (Lipinski definition) is 0. The van der Waals surface area contributed by atoms with Crippen LogP contribution in [-0.4, -0.2) is 0 Å². The molecule has 0 atom stereocenters. The van der Waals surface area contributed by atoms with Gasteiger partial charge in [-0.25, -0.2) is 0 Å². The van der Waals surface area contributed by atoms with Gasteiger partial charge in [0, 0.05) is 22.1 Å². The van der Waals surface area contributed by atoms with E-state index in [0.717, 1.165) is 55.7 Å². The number of anilines is 3.